The molecule has 1 rings (SSSR count). The van der Waals surface area contributed by atoms with E-state index in [1.165, 1.54) is 6.08 Å². The van der Waals surface area contributed by atoms with Gasteiger partial charge in [-0.2, -0.15) is 0 Å². The van der Waals surface area contributed by atoms with Gasteiger partial charge in [0.05, 0.1) is 6.61 Å². The highest BCUT2D eigenvalue weighted by Gasteiger charge is 2.02. The topological polar surface area (TPSA) is 49.3 Å². The van der Waals surface area contributed by atoms with Gasteiger partial charge >= 0.3 is 0 Å². The molecule has 2 N–H and O–H groups in total. The standard InChI is InChI=1S/C12H14ClNO2/c1-9(8-15)14-12(16)7-6-10-4-2-3-5-11(10)13/h2-7,9,15H,8H2,1H3,(H,14,16)/t9-/m0/s1. The number of carbonyl (C=O) groups is 1. The van der Waals surface area contributed by atoms with Crippen molar-refractivity contribution in [3.63, 3.8) is 0 Å². The summed E-state index contributed by atoms with van der Waals surface area (Å²) in [6.45, 7) is 1.65. The van der Waals surface area contributed by atoms with E-state index in [9.17, 15) is 4.79 Å². The summed E-state index contributed by atoms with van der Waals surface area (Å²) in [6.07, 6.45) is 3.04. The molecule has 0 radical (unpaired) electrons. The number of hydrogen-bond acceptors (Lipinski definition) is 2. The second-order valence-electron chi connectivity index (χ2n) is 3.45. The average Bonchev–Trinajstić information content (AvgIpc) is 2.28. The molecule has 0 aromatic heterocycles. The van der Waals surface area contributed by atoms with Gasteiger partial charge in [0.25, 0.3) is 0 Å². The van der Waals surface area contributed by atoms with E-state index in [1.807, 2.05) is 18.2 Å². The predicted molar refractivity (Wildman–Crippen MR) is 65.2 cm³/mol. The molecule has 0 bridgehead atoms. The highest BCUT2D eigenvalue weighted by atomic mass is 35.5. The first-order valence-corrected chi connectivity index (χ1v) is 5.35. The van der Waals surface area contributed by atoms with Crippen LogP contribution in [0.25, 0.3) is 6.08 Å². The smallest absolute Gasteiger partial charge is 0.244 e. The van der Waals surface area contributed by atoms with Gasteiger partial charge in [0.1, 0.15) is 0 Å². The van der Waals surface area contributed by atoms with E-state index in [2.05, 4.69) is 5.32 Å². The van der Waals surface area contributed by atoms with Crippen molar-refractivity contribution in [2.45, 2.75) is 13.0 Å². The molecule has 1 aromatic carbocycles. The highest BCUT2D eigenvalue weighted by Crippen LogP contribution is 2.15. The van der Waals surface area contributed by atoms with Crippen molar-refractivity contribution in [1.82, 2.24) is 5.32 Å². The maximum absolute atomic E-state index is 11.3. The fourth-order valence-corrected chi connectivity index (χ4v) is 1.31. The number of nitrogens with one attached hydrogen (secondary N) is 1. The van der Waals surface area contributed by atoms with E-state index in [0.717, 1.165) is 5.56 Å². The van der Waals surface area contributed by atoms with E-state index in [4.69, 9.17) is 16.7 Å². The molecule has 0 aliphatic rings. The molecule has 1 atom stereocenters. The van der Waals surface area contributed by atoms with E-state index < -0.39 is 0 Å². The first kappa shape index (κ1) is 12.7. The van der Waals surface area contributed by atoms with Gasteiger partial charge in [0.15, 0.2) is 0 Å². The van der Waals surface area contributed by atoms with Gasteiger partial charge in [0, 0.05) is 17.1 Å². The minimum Gasteiger partial charge on any atom is -0.394 e. The molecular weight excluding hydrogens is 226 g/mol. The van der Waals surface area contributed by atoms with Crippen LogP contribution in [0.3, 0.4) is 0 Å². The second-order valence-corrected chi connectivity index (χ2v) is 3.85. The van der Waals surface area contributed by atoms with Crippen molar-refractivity contribution < 1.29 is 9.90 Å². The third-order valence-electron chi connectivity index (χ3n) is 1.98. The van der Waals surface area contributed by atoms with Gasteiger partial charge in [-0.15, -0.1) is 0 Å². The van der Waals surface area contributed by atoms with Crippen LogP contribution < -0.4 is 5.32 Å². The first-order chi connectivity index (χ1) is 7.63. The molecule has 0 aliphatic carbocycles. The molecule has 0 spiro atoms. The number of halogens is 1. The zero-order valence-electron chi connectivity index (χ0n) is 8.98. The molecule has 16 heavy (non-hydrogen) atoms. The van der Waals surface area contributed by atoms with Gasteiger partial charge in [-0.3, -0.25) is 4.79 Å². The number of benzene rings is 1. The van der Waals surface area contributed by atoms with E-state index in [-0.39, 0.29) is 18.6 Å². The quantitative estimate of drug-likeness (QED) is 0.788. The molecule has 0 saturated heterocycles. The van der Waals surface area contributed by atoms with Gasteiger partial charge in [-0.25, -0.2) is 0 Å². The Bertz CT molecular complexity index is 390. The van der Waals surface area contributed by atoms with Crippen LogP contribution in [-0.4, -0.2) is 23.7 Å². The Morgan fingerprint density at radius 1 is 1.56 bits per heavy atom. The minimum absolute atomic E-state index is 0.0777. The molecule has 3 nitrogen and oxygen atoms in total. The summed E-state index contributed by atoms with van der Waals surface area (Å²) in [7, 11) is 0. The molecular formula is C12H14ClNO2. The SMILES string of the molecule is C[C@@H](CO)NC(=O)C=Cc1ccccc1Cl. The fraction of sp³-hybridized carbons (Fsp3) is 0.250. The van der Waals surface area contributed by atoms with Crippen LogP contribution in [0.15, 0.2) is 30.3 Å². The molecule has 86 valence electrons. The van der Waals surface area contributed by atoms with Crippen molar-refractivity contribution in [3.8, 4) is 0 Å². The van der Waals surface area contributed by atoms with Crippen LogP contribution >= 0.6 is 11.6 Å². The number of amides is 1. The maximum Gasteiger partial charge on any atom is 0.244 e. The number of carbonyl (C=O) groups excluding carboxylic acids is 1. The Morgan fingerprint density at radius 3 is 2.88 bits per heavy atom. The summed E-state index contributed by atoms with van der Waals surface area (Å²) in [5.41, 5.74) is 0.788. The van der Waals surface area contributed by atoms with Gasteiger partial charge in [-0.05, 0) is 24.6 Å². The third-order valence-corrected chi connectivity index (χ3v) is 2.33. The molecule has 1 aromatic rings. The molecule has 0 fully saturated rings. The second kappa shape index (κ2) is 6.30. The van der Waals surface area contributed by atoms with Crippen molar-refractivity contribution in [2.75, 3.05) is 6.61 Å². The Hall–Kier alpha value is -1.32. The summed E-state index contributed by atoms with van der Waals surface area (Å²) in [6, 6.07) is 7.01. The van der Waals surface area contributed by atoms with Gasteiger partial charge in [-0.1, -0.05) is 29.8 Å². The zero-order chi connectivity index (χ0) is 12.0. The largest absolute Gasteiger partial charge is 0.394 e. The van der Waals surface area contributed by atoms with Crippen LogP contribution in [0.5, 0.6) is 0 Å². The van der Waals surface area contributed by atoms with Crippen molar-refractivity contribution in [2.24, 2.45) is 0 Å². The summed E-state index contributed by atoms with van der Waals surface area (Å²) in [5, 5.41) is 12.0. The Morgan fingerprint density at radius 2 is 2.25 bits per heavy atom. The number of hydrogen-bond donors (Lipinski definition) is 2. The van der Waals surface area contributed by atoms with Crippen molar-refractivity contribution in [1.29, 1.82) is 0 Å². The highest BCUT2D eigenvalue weighted by molar-refractivity contribution is 6.32. The zero-order valence-corrected chi connectivity index (χ0v) is 9.74. The van der Waals surface area contributed by atoms with Gasteiger partial charge in [0.2, 0.25) is 5.91 Å². The summed E-state index contributed by atoms with van der Waals surface area (Å²) in [5.74, 6) is -0.249. The number of aliphatic hydroxyl groups is 1. The lowest BCUT2D eigenvalue weighted by Crippen LogP contribution is -2.33. The molecule has 0 aliphatic heterocycles. The van der Waals surface area contributed by atoms with Crippen LogP contribution in [0, 0.1) is 0 Å². The summed E-state index contributed by atoms with van der Waals surface area (Å²) < 4.78 is 0. The normalized spacial score (nSPS) is 12.7. The number of aliphatic hydroxyl groups excluding tert-OH is 1. The number of rotatable bonds is 4. The van der Waals surface area contributed by atoms with E-state index in [1.54, 1.807) is 19.1 Å². The molecule has 0 unspecified atom stereocenters. The Balaban J connectivity index is 2.60. The summed E-state index contributed by atoms with van der Waals surface area (Å²) in [4.78, 5) is 11.3. The molecule has 1 amide bonds. The van der Waals surface area contributed by atoms with E-state index in [0.29, 0.717) is 5.02 Å². The molecule has 4 heteroatoms. The van der Waals surface area contributed by atoms with Crippen molar-refractivity contribution >= 4 is 23.6 Å². The van der Waals surface area contributed by atoms with Gasteiger partial charge < -0.3 is 10.4 Å². The fourth-order valence-electron chi connectivity index (χ4n) is 1.11. The lowest BCUT2D eigenvalue weighted by Gasteiger charge is -2.07. The maximum atomic E-state index is 11.3. The average molecular weight is 240 g/mol. The first-order valence-electron chi connectivity index (χ1n) is 4.97. The predicted octanol–water partition coefficient (Wildman–Crippen LogP) is 1.85. The van der Waals surface area contributed by atoms with Crippen LogP contribution in [0.2, 0.25) is 5.02 Å². The Kier molecular flexibility index (Phi) is 5.02. The van der Waals surface area contributed by atoms with E-state index >= 15 is 0 Å². The van der Waals surface area contributed by atoms with Crippen LogP contribution in [0.1, 0.15) is 12.5 Å². The minimum atomic E-state index is -0.249. The third kappa shape index (κ3) is 4.04. The van der Waals surface area contributed by atoms with Crippen LogP contribution in [-0.2, 0) is 4.79 Å². The van der Waals surface area contributed by atoms with Crippen LogP contribution in [0.4, 0.5) is 0 Å². The lowest BCUT2D eigenvalue weighted by atomic mass is 10.2. The summed E-state index contributed by atoms with van der Waals surface area (Å²) >= 11 is 5.92. The Labute approximate surface area is 99.7 Å². The monoisotopic (exact) mass is 239 g/mol. The molecule has 0 heterocycles. The van der Waals surface area contributed by atoms with Crippen molar-refractivity contribution in [3.05, 3.63) is 40.9 Å². The lowest BCUT2D eigenvalue weighted by molar-refractivity contribution is -0.117. The molecule has 0 saturated carbocycles.